The summed E-state index contributed by atoms with van der Waals surface area (Å²) in [6.07, 6.45) is 2.17. The summed E-state index contributed by atoms with van der Waals surface area (Å²) in [5.41, 5.74) is 10.4. The van der Waals surface area contributed by atoms with Gasteiger partial charge in [0.15, 0.2) is 0 Å². The minimum Gasteiger partial charge on any atom is -0.398 e. The van der Waals surface area contributed by atoms with E-state index in [2.05, 4.69) is 5.32 Å². The number of hydrogen-bond acceptors (Lipinski definition) is 3. The predicted molar refractivity (Wildman–Crippen MR) is 96.0 cm³/mol. The first-order valence-electron chi connectivity index (χ1n) is 8.09. The van der Waals surface area contributed by atoms with Crippen molar-refractivity contribution in [2.45, 2.75) is 26.2 Å². The Morgan fingerprint density at radius 1 is 1.17 bits per heavy atom. The summed E-state index contributed by atoms with van der Waals surface area (Å²) in [4.78, 5) is 25.6. The molecule has 0 saturated carbocycles. The maximum atomic E-state index is 12.7. The first-order valence-corrected chi connectivity index (χ1v) is 8.09. The van der Waals surface area contributed by atoms with E-state index in [1.54, 1.807) is 0 Å². The minimum atomic E-state index is -0.110. The van der Waals surface area contributed by atoms with Gasteiger partial charge < -0.3 is 16.0 Å². The molecular formula is C19H21N3O2. The molecule has 0 aliphatic carbocycles. The molecule has 0 fully saturated rings. The smallest absolute Gasteiger partial charge is 0.231 e. The molecule has 5 heteroatoms. The zero-order chi connectivity index (χ0) is 17.1. The molecule has 2 aromatic rings. The first-order chi connectivity index (χ1) is 11.5. The number of nitrogen functional groups attached to an aromatic ring is 1. The van der Waals surface area contributed by atoms with Gasteiger partial charge in [-0.3, -0.25) is 9.59 Å². The average Bonchev–Trinajstić information content (AvgIpc) is 2.56. The lowest BCUT2D eigenvalue weighted by atomic mass is 9.99. The van der Waals surface area contributed by atoms with Crippen LogP contribution in [0.25, 0.3) is 0 Å². The van der Waals surface area contributed by atoms with Gasteiger partial charge in [-0.2, -0.15) is 0 Å². The molecule has 24 heavy (non-hydrogen) atoms. The Hall–Kier alpha value is -2.82. The van der Waals surface area contributed by atoms with Crippen molar-refractivity contribution in [2.24, 2.45) is 0 Å². The van der Waals surface area contributed by atoms with Crippen LogP contribution in [-0.2, 0) is 22.4 Å². The van der Waals surface area contributed by atoms with E-state index >= 15 is 0 Å². The molecule has 1 aliphatic rings. The number of carbonyl (C=O) groups is 2. The van der Waals surface area contributed by atoms with Crippen LogP contribution >= 0.6 is 0 Å². The number of anilines is 3. The molecule has 0 aromatic heterocycles. The van der Waals surface area contributed by atoms with Crippen LogP contribution in [0.2, 0.25) is 0 Å². The molecule has 2 amide bonds. The van der Waals surface area contributed by atoms with Gasteiger partial charge in [0.05, 0.1) is 6.42 Å². The fourth-order valence-corrected chi connectivity index (χ4v) is 3.09. The van der Waals surface area contributed by atoms with Crippen molar-refractivity contribution in [1.29, 1.82) is 0 Å². The van der Waals surface area contributed by atoms with Crippen molar-refractivity contribution in [1.82, 2.24) is 0 Å². The molecule has 1 heterocycles. The van der Waals surface area contributed by atoms with Gasteiger partial charge in [0.2, 0.25) is 11.8 Å². The predicted octanol–water partition coefficient (Wildman–Crippen LogP) is 2.75. The Morgan fingerprint density at radius 3 is 2.62 bits per heavy atom. The van der Waals surface area contributed by atoms with Gasteiger partial charge >= 0.3 is 0 Å². The van der Waals surface area contributed by atoms with E-state index in [9.17, 15) is 9.59 Å². The topological polar surface area (TPSA) is 75.4 Å². The number of benzene rings is 2. The normalized spacial score (nSPS) is 13.3. The van der Waals surface area contributed by atoms with Crippen molar-refractivity contribution >= 4 is 28.9 Å². The van der Waals surface area contributed by atoms with Crippen LogP contribution in [0.15, 0.2) is 42.5 Å². The Kier molecular flexibility index (Phi) is 4.51. The van der Waals surface area contributed by atoms with E-state index in [4.69, 9.17) is 5.73 Å². The van der Waals surface area contributed by atoms with Crippen molar-refractivity contribution in [3.8, 4) is 0 Å². The SMILES string of the molecule is CC(=O)Nc1ccc(CC(=O)N2CCCc3c(N)cccc32)cc1. The zero-order valence-electron chi connectivity index (χ0n) is 13.7. The number of nitrogens with two attached hydrogens (primary N) is 1. The summed E-state index contributed by atoms with van der Waals surface area (Å²) < 4.78 is 0. The van der Waals surface area contributed by atoms with Crippen LogP contribution in [0.3, 0.4) is 0 Å². The number of hydrogen-bond donors (Lipinski definition) is 2. The molecule has 124 valence electrons. The van der Waals surface area contributed by atoms with E-state index in [1.165, 1.54) is 6.92 Å². The van der Waals surface area contributed by atoms with Gasteiger partial charge in [0.1, 0.15) is 0 Å². The van der Waals surface area contributed by atoms with Crippen LogP contribution in [-0.4, -0.2) is 18.4 Å². The summed E-state index contributed by atoms with van der Waals surface area (Å²) in [5.74, 6) is -0.0461. The maximum absolute atomic E-state index is 12.7. The van der Waals surface area contributed by atoms with Crippen LogP contribution in [0.1, 0.15) is 24.5 Å². The molecule has 3 N–H and O–H groups in total. The van der Waals surface area contributed by atoms with Crippen LogP contribution < -0.4 is 16.0 Å². The largest absolute Gasteiger partial charge is 0.398 e. The van der Waals surface area contributed by atoms with Crippen LogP contribution in [0, 0.1) is 0 Å². The Bertz CT molecular complexity index is 769. The highest BCUT2D eigenvalue weighted by atomic mass is 16.2. The maximum Gasteiger partial charge on any atom is 0.231 e. The Balaban J connectivity index is 1.74. The van der Waals surface area contributed by atoms with E-state index in [1.807, 2.05) is 47.4 Å². The molecule has 2 aromatic carbocycles. The van der Waals surface area contributed by atoms with E-state index in [0.717, 1.165) is 47.6 Å². The van der Waals surface area contributed by atoms with Gasteiger partial charge in [0.25, 0.3) is 0 Å². The molecule has 0 radical (unpaired) electrons. The van der Waals surface area contributed by atoms with Gasteiger partial charge in [-0.25, -0.2) is 0 Å². The fourth-order valence-electron chi connectivity index (χ4n) is 3.09. The summed E-state index contributed by atoms with van der Waals surface area (Å²) in [7, 11) is 0. The lowest BCUT2D eigenvalue weighted by molar-refractivity contribution is -0.118. The second-order valence-electron chi connectivity index (χ2n) is 6.05. The minimum absolute atomic E-state index is 0.0637. The second-order valence-corrected chi connectivity index (χ2v) is 6.05. The zero-order valence-corrected chi connectivity index (χ0v) is 13.7. The first kappa shape index (κ1) is 16.1. The van der Waals surface area contributed by atoms with Crippen molar-refractivity contribution < 1.29 is 9.59 Å². The summed E-state index contributed by atoms with van der Waals surface area (Å²) in [6, 6.07) is 13.1. The molecule has 0 bridgehead atoms. The molecule has 0 saturated heterocycles. The Labute approximate surface area is 141 Å². The van der Waals surface area contributed by atoms with E-state index < -0.39 is 0 Å². The van der Waals surface area contributed by atoms with Crippen molar-refractivity contribution in [3.05, 3.63) is 53.6 Å². The molecule has 5 nitrogen and oxygen atoms in total. The third-order valence-corrected chi connectivity index (χ3v) is 4.22. The third kappa shape index (κ3) is 3.40. The van der Waals surface area contributed by atoms with Gasteiger partial charge in [-0.15, -0.1) is 0 Å². The number of nitrogens with zero attached hydrogens (tertiary/aromatic N) is 1. The fraction of sp³-hybridized carbons (Fsp3) is 0.263. The number of nitrogens with one attached hydrogen (secondary N) is 1. The number of fused-ring (bicyclic) bond motifs is 1. The lowest BCUT2D eigenvalue weighted by Gasteiger charge is -2.30. The highest BCUT2D eigenvalue weighted by molar-refractivity contribution is 5.96. The van der Waals surface area contributed by atoms with Crippen LogP contribution in [0.4, 0.5) is 17.1 Å². The third-order valence-electron chi connectivity index (χ3n) is 4.22. The van der Waals surface area contributed by atoms with Gasteiger partial charge in [-0.05, 0) is 48.2 Å². The van der Waals surface area contributed by atoms with Gasteiger partial charge in [-0.1, -0.05) is 18.2 Å². The standard InChI is InChI=1S/C19H21N3O2/c1-13(23)21-15-9-7-14(8-10-15)12-19(24)22-11-3-4-16-17(20)5-2-6-18(16)22/h2,5-10H,3-4,11-12,20H2,1H3,(H,21,23). The van der Waals surface area contributed by atoms with E-state index in [0.29, 0.717) is 6.42 Å². The van der Waals surface area contributed by atoms with Crippen molar-refractivity contribution in [2.75, 3.05) is 22.5 Å². The molecule has 3 rings (SSSR count). The average molecular weight is 323 g/mol. The summed E-state index contributed by atoms with van der Waals surface area (Å²) in [5, 5.41) is 2.72. The highest BCUT2D eigenvalue weighted by Crippen LogP contribution is 2.31. The van der Waals surface area contributed by atoms with E-state index in [-0.39, 0.29) is 11.8 Å². The van der Waals surface area contributed by atoms with Crippen LogP contribution in [0.5, 0.6) is 0 Å². The van der Waals surface area contributed by atoms with Crippen molar-refractivity contribution in [3.63, 3.8) is 0 Å². The summed E-state index contributed by atoms with van der Waals surface area (Å²) in [6.45, 7) is 2.19. The molecule has 0 atom stereocenters. The molecule has 0 spiro atoms. The quantitative estimate of drug-likeness (QED) is 0.853. The monoisotopic (exact) mass is 323 g/mol. The number of carbonyl (C=O) groups excluding carboxylic acids is 2. The summed E-state index contributed by atoms with van der Waals surface area (Å²) >= 11 is 0. The highest BCUT2D eigenvalue weighted by Gasteiger charge is 2.23. The molecular weight excluding hydrogens is 302 g/mol. The number of rotatable bonds is 3. The Morgan fingerprint density at radius 2 is 1.92 bits per heavy atom. The molecule has 1 aliphatic heterocycles. The second kappa shape index (κ2) is 6.74. The molecule has 0 unspecified atom stereocenters. The lowest BCUT2D eigenvalue weighted by Crippen LogP contribution is -2.36. The van der Waals surface area contributed by atoms with Gasteiger partial charge in [0, 0.05) is 30.5 Å². The number of amides is 2.